The number of hydrogen-bond donors (Lipinski definition) is 1. The van der Waals surface area contributed by atoms with E-state index in [0.717, 1.165) is 12.4 Å². The highest BCUT2D eigenvalue weighted by Crippen LogP contribution is 2.01. The van der Waals surface area contributed by atoms with Gasteiger partial charge in [0.05, 0.1) is 5.84 Å². The molecule has 0 spiro atoms. The van der Waals surface area contributed by atoms with Crippen LogP contribution in [0.4, 0.5) is 0 Å². The molecule has 0 rings (SSSR count). The molecule has 1 unspecified atom stereocenters. The second-order valence-electron chi connectivity index (χ2n) is 3.43. The van der Waals surface area contributed by atoms with Gasteiger partial charge in [-0.1, -0.05) is 34.1 Å². The van der Waals surface area contributed by atoms with Crippen LogP contribution in [0, 0.1) is 11.8 Å². The molecular formula is C9H20N2. The van der Waals surface area contributed by atoms with Crippen molar-refractivity contribution in [3.8, 4) is 0 Å². The van der Waals surface area contributed by atoms with E-state index in [1.807, 2.05) is 0 Å². The van der Waals surface area contributed by atoms with Crippen LogP contribution in [0.2, 0.25) is 0 Å². The Balaban J connectivity index is 3.72. The zero-order chi connectivity index (χ0) is 8.85. The third kappa shape index (κ3) is 4.82. The zero-order valence-corrected chi connectivity index (χ0v) is 8.09. The van der Waals surface area contributed by atoms with E-state index in [2.05, 4.69) is 32.7 Å². The first-order valence-corrected chi connectivity index (χ1v) is 4.37. The standard InChI is InChI=1S/C9H20N2/c1-5-8(4)6-11-9(10)7(2)3/h7-8H,5-6H2,1-4H3,(H2,10,11). The van der Waals surface area contributed by atoms with Crippen LogP contribution in [0.5, 0.6) is 0 Å². The highest BCUT2D eigenvalue weighted by molar-refractivity contribution is 5.82. The lowest BCUT2D eigenvalue weighted by Crippen LogP contribution is -2.20. The van der Waals surface area contributed by atoms with Crippen LogP contribution < -0.4 is 5.73 Å². The summed E-state index contributed by atoms with van der Waals surface area (Å²) < 4.78 is 0. The summed E-state index contributed by atoms with van der Waals surface area (Å²) in [6.45, 7) is 9.37. The van der Waals surface area contributed by atoms with Crippen molar-refractivity contribution in [1.82, 2.24) is 0 Å². The average molecular weight is 156 g/mol. The summed E-state index contributed by atoms with van der Waals surface area (Å²) in [7, 11) is 0. The number of nitrogens with two attached hydrogens (primary N) is 1. The SMILES string of the molecule is CCC(C)CN=C(N)C(C)C. The fourth-order valence-corrected chi connectivity index (χ4v) is 0.573. The fourth-order valence-electron chi connectivity index (χ4n) is 0.573. The summed E-state index contributed by atoms with van der Waals surface area (Å²) in [5, 5.41) is 0. The lowest BCUT2D eigenvalue weighted by Gasteiger charge is -2.07. The van der Waals surface area contributed by atoms with E-state index >= 15 is 0 Å². The van der Waals surface area contributed by atoms with Gasteiger partial charge < -0.3 is 5.73 Å². The van der Waals surface area contributed by atoms with E-state index in [1.165, 1.54) is 6.42 Å². The molecule has 0 aliphatic rings. The monoisotopic (exact) mass is 156 g/mol. The van der Waals surface area contributed by atoms with Gasteiger partial charge in [-0.2, -0.15) is 0 Å². The van der Waals surface area contributed by atoms with Crippen molar-refractivity contribution in [3.05, 3.63) is 0 Å². The van der Waals surface area contributed by atoms with E-state index in [9.17, 15) is 0 Å². The molecule has 66 valence electrons. The van der Waals surface area contributed by atoms with Crippen LogP contribution in [0.15, 0.2) is 4.99 Å². The molecule has 0 fully saturated rings. The van der Waals surface area contributed by atoms with E-state index in [4.69, 9.17) is 5.73 Å². The van der Waals surface area contributed by atoms with Gasteiger partial charge in [-0.25, -0.2) is 0 Å². The van der Waals surface area contributed by atoms with Crippen molar-refractivity contribution in [1.29, 1.82) is 0 Å². The lowest BCUT2D eigenvalue weighted by atomic mass is 10.1. The zero-order valence-electron chi connectivity index (χ0n) is 8.09. The van der Waals surface area contributed by atoms with Crippen molar-refractivity contribution in [2.45, 2.75) is 34.1 Å². The molecule has 2 N–H and O–H groups in total. The van der Waals surface area contributed by atoms with E-state index in [0.29, 0.717) is 11.8 Å². The smallest absolute Gasteiger partial charge is 0.0962 e. The summed E-state index contributed by atoms with van der Waals surface area (Å²) >= 11 is 0. The maximum Gasteiger partial charge on any atom is 0.0962 e. The summed E-state index contributed by atoms with van der Waals surface area (Å²) in [5.74, 6) is 1.83. The quantitative estimate of drug-likeness (QED) is 0.491. The molecule has 0 saturated heterocycles. The Labute approximate surface area is 69.9 Å². The second-order valence-corrected chi connectivity index (χ2v) is 3.43. The molecule has 2 nitrogen and oxygen atoms in total. The van der Waals surface area contributed by atoms with Crippen LogP contribution in [0.25, 0.3) is 0 Å². The van der Waals surface area contributed by atoms with E-state index in [1.54, 1.807) is 0 Å². The van der Waals surface area contributed by atoms with Gasteiger partial charge >= 0.3 is 0 Å². The van der Waals surface area contributed by atoms with Gasteiger partial charge in [-0.05, 0) is 5.92 Å². The summed E-state index contributed by atoms with van der Waals surface area (Å²) in [6.07, 6.45) is 1.18. The third-order valence-electron chi connectivity index (χ3n) is 1.87. The van der Waals surface area contributed by atoms with Crippen molar-refractivity contribution < 1.29 is 0 Å². The predicted molar refractivity (Wildman–Crippen MR) is 50.8 cm³/mol. The van der Waals surface area contributed by atoms with Gasteiger partial charge in [0.15, 0.2) is 0 Å². The number of rotatable bonds is 4. The lowest BCUT2D eigenvalue weighted by molar-refractivity contribution is 0.574. The Morgan fingerprint density at radius 1 is 1.36 bits per heavy atom. The van der Waals surface area contributed by atoms with Gasteiger partial charge in [0, 0.05) is 12.5 Å². The highest BCUT2D eigenvalue weighted by atomic mass is 14.9. The molecular weight excluding hydrogens is 136 g/mol. The topological polar surface area (TPSA) is 38.4 Å². The molecule has 0 aromatic carbocycles. The third-order valence-corrected chi connectivity index (χ3v) is 1.87. The molecule has 0 aromatic heterocycles. The minimum Gasteiger partial charge on any atom is -0.387 e. The van der Waals surface area contributed by atoms with Crippen molar-refractivity contribution in [3.63, 3.8) is 0 Å². The van der Waals surface area contributed by atoms with E-state index < -0.39 is 0 Å². The molecule has 0 heterocycles. The summed E-state index contributed by atoms with van der Waals surface area (Å²) in [5.41, 5.74) is 5.67. The Morgan fingerprint density at radius 2 is 1.91 bits per heavy atom. The maximum atomic E-state index is 5.67. The van der Waals surface area contributed by atoms with Crippen LogP contribution in [0.1, 0.15) is 34.1 Å². The van der Waals surface area contributed by atoms with Crippen LogP contribution in [0.3, 0.4) is 0 Å². The minimum atomic E-state index is 0.388. The van der Waals surface area contributed by atoms with Gasteiger partial charge in [-0.15, -0.1) is 0 Å². The van der Waals surface area contributed by atoms with Crippen LogP contribution in [-0.4, -0.2) is 12.4 Å². The normalized spacial score (nSPS) is 15.5. The van der Waals surface area contributed by atoms with Gasteiger partial charge in [-0.3, -0.25) is 4.99 Å². The van der Waals surface area contributed by atoms with Crippen molar-refractivity contribution in [2.75, 3.05) is 6.54 Å². The Hall–Kier alpha value is -0.530. The molecule has 0 aliphatic heterocycles. The highest BCUT2D eigenvalue weighted by Gasteiger charge is 2.00. The van der Waals surface area contributed by atoms with E-state index in [-0.39, 0.29) is 0 Å². The molecule has 0 aliphatic carbocycles. The minimum absolute atomic E-state index is 0.388. The average Bonchev–Trinajstić information content (AvgIpc) is 1.99. The number of hydrogen-bond acceptors (Lipinski definition) is 1. The summed E-state index contributed by atoms with van der Waals surface area (Å²) in [6, 6.07) is 0. The molecule has 11 heavy (non-hydrogen) atoms. The first-order valence-electron chi connectivity index (χ1n) is 4.37. The first kappa shape index (κ1) is 10.5. The van der Waals surface area contributed by atoms with Crippen LogP contribution in [-0.2, 0) is 0 Å². The number of amidine groups is 1. The van der Waals surface area contributed by atoms with Crippen molar-refractivity contribution >= 4 is 5.84 Å². The molecule has 2 heteroatoms. The Kier molecular flexibility index (Phi) is 4.92. The number of nitrogens with zero attached hydrogens (tertiary/aromatic N) is 1. The largest absolute Gasteiger partial charge is 0.387 e. The number of aliphatic imine (C=N–C) groups is 1. The molecule has 0 aromatic rings. The van der Waals surface area contributed by atoms with Gasteiger partial charge in [0.25, 0.3) is 0 Å². The van der Waals surface area contributed by atoms with Gasteiger partial charge in [0.1, 0.15) is 0 Å². The molecule has 0 amide bonds. The first-order chi connectivity index (χ1) is 5.07. The molecule has 0 bridgehead atoms. The molecule has 0 saturated carbocycles. The summed E-state index contributed by atoms with van der Waals surface area (Å²) in [4.78, 5) is 4.29. The van der Waals surface area contributed by atoms with Crippen LogP contribution >= 0.6 is 0 Å². The molecule has 0 radical (unpaired) electrons. The van der Waals surface area contributed by atoms with Gasteiger partial charge in [0.2, 0.25) is 0 Å². The second kappa shape index (κ2) is 5.16. The molecule has 1 atom stereocenters. The predicted octanol–water partition coefficient (Wildman–Crippen LogP) is 2.05. The maximum absolute atomic E-state index is 5.67. The Morgan fingerprint density at radius 3 is 2.27 bits per heavy atom. The van der Waals surface area contributed by atoms with Crippen molar-refractivity contribution in [2.24, 2.45) is 22.6 Å². The Bertz CT molecular complexity index is 128. The fraction of sp³-hybridized carbons (Fsp3) is 0.889.